The van der Waals surface area contributed by atoms with Crippen LogP contribution in [0.1, 0.15) is 12.8 Å². The molecule has 0 amide bonds. The number of methoxy groups -OCH3 is 1. The Morgan fingerprint density at radius 3 is 2.66 bits per heavy atom. The van der Waals surface area contributed by atoms with E-state index in [1.807, 2.05) is 0 Å². The minimum atomic E-state index is -3.34. The van der Waals surface area contributed by atoms with Crippen LogP contribution >= 0.6 is 11.3 Å². The fraction of sp³-hybridized carbons (Fsp3) is 0.500. The molecule has 3 aromatic rings. The number of rotatable bonds is 7. The molecule has 0 spiro atoms. The molecule has 0 aliphatic carbocycles. The van der Waals surface area contributed by atoms with E-state index in [-0.39, 0.29) is 11.6 Å². The third-order valence-corrected chi connectivity index (χ3v) is 9.16. The molecule has 174 valence electrons. The van der Waals surface area contributed by atoms with Crippen molar-refractivity contribution in [3.8, 4) is 17.0 Å². The first-order chi connectivity index (χ1) is 15.2. The van der Waals surface area contributed by atoms with Crippen molar-refractivity contribution in [1.82, 2.24) is 18.9 Å². The molecule has 9 nitrogen and oxygen atoms in total. The van der Waals surface area contributed by atoms with Gasteiger partial charge in [0.15, 0.2) is 0 Å². The topological polar surface area (TPSA) is 106 Å². The van der Waals surface area contributed by atoms with Crippen molar-refractivity contribution < 1.29 is 17.5 Å². The molecule has 1 aliphatic rings. The summed E-state index contributed by atoms with van der Waals surface area (Å²) in [4.78, 5) is 7.31. The van der Waals surface area contributed by atoms with Gasteiger partial charge in [-0.2, -0.15) is 0 Å². The van der Waals surface area contributed by atoms with Gasteiger partial charge < -0.3 is 15.4 Å². The molecule has 0 radical (unpaired) electrons. The Morgan fingerprint density at radius 2 is 2.03 bits per heavy atom. The van der Waals surface area contributed by atoms with E-state index >= 15 is 0 Å². The lowest BCUT2D eigenvalue weighted by atomic mass is 9.80. The maximum atomic E-state index is 13.6. The average Bonchev–Trinajstić information content (AvgIpc) is 3.35. The molecule has 0 bridgehead atoms. The second-order valence-electron chi connectivity index (χ2n) is 8.30. The number of hydrogen-bond donors (Lipinski definition) is 1. The Labute approximate surface area is 190 Å². The predicted molar refractivity (Wildman–Crippen MR) is 123 cm³/mol. The number of halogens is 1. The summed E-state index contributed by atoms with van der Waals surface area (Å²) in [5, 5.41) is 5.54. The number of imidazole rings is 1. The van der Waals surface area contributed by atoms with Gasteiger partial charge in [-0.25, -0.2) is 26.6 Å². The van der Waals surface area contributed by atoms with Gasteiger partial charge in [0.1, 0.15) is 11.6 Å². The van der Waals surface area contributed by atoms with Crippen molar-refractivity contribution in [2.75, 3.05) is 51.5 Å². The number of aromatic nitrogens is 3. The highest BCUT2D eigenvalue weighted by Crippen LogP contribution is 2.37. The molecule has 0 unspecified atom stereocenters. The highest BCUT2D eigenvalue weighted by atomic mass is 32.2. The second kappa shape index (κ2) is 8.58. The van der Waals surface area contributed by atoms with Crippen LogP contribution < -0.4 is 15.4 Å². The molecular weight excluding hydrogens is 455 g/mol. The molecule has 0 atom stereocenters. The van der Waals surface area contributed by atoms with E-state index in [9.17, 15) is 12.8 Å². The molecule has 1 aromatic carbocycles. The molecule has 3 heterocycles. The van der Waals surface area contributed by atoms with Crippen molar-refractivity contribution in [3.05, 3.63) is 30.2 Å². The number of sulfonamides is 1. The standard InChI is InChI=1S/C20H27FN6O3S2/c1-25(2)32(28,29)13-20(12-22)6-8-26(9-7-20)19-24-27-16(11-23-18(27)31-19)15-5-4-14(21)10-17(15)30-3/h4-5,10-11H,6-9,12-13,22H2,1-3H3. The zero-order chi connectivity index (χ0) is 23.1. The van der Waals surface area contributed by atoms with Gasteiger partial charge in [-0.05, 0) is 31.5 Å². The van der Waals surface area contributed by atoms with E-state index in [0.29, 0.717) is 54.4 Å². The van der Waals surface area contributed by atoms with E-state index < -0.39 is 15.4 Å². The van der Waals surface area contributed by atoms with Crippen LogP contribution in [0.2, 0.25) is 0 Å². The predicted octanol–water partition coefficient (Wildman–Crippen LogP) is 2.04. The van der Waals surface area contributed by atoms with Crippen LogP contribution in [0.15, 0.2) is 24.4 Å². The molecule has 2 N–H and O–H groups in total. The number of hydrogen-bond acceptors (Lipinski definition) is 8. The first-order valence-corrected chi connectivity index (χ1v) is 12.6. The highest BCUT2D eigenvalue weighted by molar-refractivity contribution is 7.89. The van der Waals surface area contributed by atoms with E-state index in [1.165, 1.54) is 34.9 Å². The summed E-state index contributed by atoms with van der Waals surface area (Å²) in [6, 6.07) is 4.36. The van der Waals surface area contributed by atoms with Gasteiger partial charge in [0, 0.05) is 44.2 Å². The summed E-state index contributed by atoms with van der Waals surface area (Å²) in [7, 11) is 1.26. The van der Waals surface area contributed by atoms with Crippen LogP contribution in [0, 0.1) is 11.2 Å². The minimum Gasteiger partial charge on any atom is -0.496 e. The van der Waals surface area contributed by atoms with E-state index in [2.05, 4.69) is 9.88 Å². The summed E-state index contributed by atoms with van der Waals surface area (Å²) in [6.45, 7) is 1.64. The van der Waals surface area contributed by atoms with Gasteiger partial charge in [0.05, 0.1) is 24.8 Å². The lowest BCUT2D eigenvalue weighted by molar-refractivity contribution is 0.258. The fourth-order valence-corrected chi connectivity index (χ4v) is 6.33. The van der Waals surface area contributed by atoms with Gasteiger partial charge in [-0.3, -0.25) is 0 Å². The Hall–Kier alpha value is -2.28. The Bertz CT molecular complexity index is 1220. The quantitative estimate of drug-likeness (QED) is 0.549. The largest absolute Gasteiger partial charge is 0.496 e. The Balaban J connectivity index is 1.57. The summed E-state index contributed by atoms with van der Waals surface area (Å²) in [5.41, 5.74) is 7.00. The van der Waals surface area contributed by atoms with Crippen molar-refractivity contribution >= 4 is 31.5 Å². The van der Waals surface area contributed by atoms with Gasteiger partial charge in [-0.1, -0.05) is 11.3 Å². The van der Waals surface area contributed by atoms with Crippen molar-refractivity contribution in [2.24, 2.45) is 11.1 Å². The molecule has 4 rings (SSSR count). The Morgan fingerprint density at radius 1 is 1.31 bits per heavy atom. The number of fused-ring (bicyclic) bond motifs is 1. The zero-order valence-electron chi connectivity index (χ0n) is 18.3. The number of piperidine rings is 1. The third kappa shape index (κ3) is 4.19. The lowest BCUT2D eigenvalue weighted by Gasteiger charge is -2.41. The number of benzene rings is 1. The summed E-state index contributed by atoms with van der Waals surface area (Å²) in [6.07, 6.45) is 3.02. The fourth-order valence-electron chi connectivity index (χ4n) is 3.97. The van der Waals surface area contributed by atoms with Gasteiger partial charge >= 0.3 is 0 Å². The van der Waals surface area contributed by atoms with Crippen LogP contribution in [0.4, 0.5) is 9.52 Å². The molecule has 2 aromatic heterocycles. The second-order valence-corrected chi connectivity index (χ2v) is 11.4. The van der Waals surface area contributed by atoms with Crippen molar-refractivity contribution in [3.63, 3.8) is 0 Å². The molecule has 1 aliphatic heterocycles. The third-order valence-electron chi connectivity index (χ3n) is 6.09. The van der Waals surface area contributed by atoms with Crippen LogP contribution in [-0.4, -0.2) is 73.9 Å². The first-order valence-electron chi connectivity index (χ1n) is 10.2. The summed E-state index contributed by atoms with van der Waals surface area (Å²) in [5.74, 6) is 0.0833. The first kappa shape index (κ1) is 22.9. The molecule has 0 saturated carbocycles. The number of anilines is 1. The summed E-state index contributed by atoms with van der Waals surface area (Å²) < 4.78 is 46.8. The van der Waals surface area contributed by atoms with Gasteiger partial charge in [0.25, 0.3) is 0 Å². The van der Waals surface area contributed by atoms with Crippen molar-refractivity contribution in [1.29, 1.82) is 0 Å². The van der Waals surface area contributed by atoms with Crippen molar-refractivity contribution in [2.45, 2.75) is 12.8 Å². The number of nitrogens with two attached hydrogens (primary N) is 1. The average molecular weight is 483 g/mol. The van der Waals surface area contributed by atoms with E-state index in [0.717, 1.165) is 5.13 Å². The molecule has 32 heavy (non-hydrogen) atoms. The molecular formula is C20H27FN6O3S2. The van der Waals surface area contributed by atoms with E-state index in [4.69, 9.17) is 15.6 Å². The van der Waals surface area contributed by atoms with E-state index in [1.54, 1.807) is 30.9 Å². The molecule has 1 fully saturated rings. The zero-order valence-corrected chi connectivity index (χ0v) is 19.9. The van der Waals surface area contributed by atoms with Crippen LogP contribution in [0.5, 0.6) is 5.75 Å². The monoisotopic (exact) mass is 482 g/mol. The van der Waals surface area contributed by atoms with Crippen LogP contribution in [0.25, 0.3) is 16.2 Å². The van der Waals surface area contributed by atoms with Crippen LogP contribution in [-0.2, 0) is 10.0 Å². The molecule has 12 heteroatoms. The smallest absolute Gasteiger partial charge is 0.214 e. The van der Waals surface area contributed by atoms with Gasteiger partial charge in [-0.15, -0.1) is 5.10 Å². The maximum Gasteiger partial charge on any atom is 0.214 e. The lowest BCUT2D eigenvalue weighted by Crippen LogP contribution is -2.49. The summed E-state index contributed by atoms with van der Waals surface area (Å²) >= 11 is 1.46. The number of nitrogens with zero attached hydrogens (tertiary/aromatic N) is 5. The maximum absolute atomic E-state index is 13.6. The normalized spacial score (nSPS) is 16.8. The van der Waals surface area contributed by atoms with Gasteiger partial charge in [0.2, 0.25) is 20.1 Å². The number of ether oxygens (including phenoxy) is 1. The highest BCUT2D eigenvalue weighted by Gasteiger charge is 2.39. The Kier molecular flexibility index (Phi) is 6.14. The SMILES string of the molecule is COc1cc(F)ccc1-c1cnc2sc(N3CCC(CN)(CS(=O)(=O)N(C)C)CC3)nn12. The minimum absolute atomic E-state index is 0.0487. The van der Waals surface area contributed by atoms with Crippen LogP contribution in [0.3, 0.4) is 0 Å². The molecule has 1 saturated heterocycles.